The molecule has 104 valence electrons. The van der Waals surface area contributed by atoms with Crippen molar-refractivity contribution in [2.75, 3.05) is 26.3 Å². The molecule has 0 fully saturated rings. The summed E-state index contributed by atoms with van der Waals surface area (Å²) in [5.41, 5.74) is 0. The summed E-state index contributed by atoms with van der Waals surface area (Å²) in [6.07, 6.45) is 5.67. The summed E-state index contributed by atoms with van der Waals surface area (Å²) < 4.78 is 5.43. The van der Waals surface area contributed by atoms with Gasteiger partial charge in [-0.25, -0.2) is 0 Å². The van der Waals surface area contributed by atoms with Crippen LogP contribution in [-0.4, -0.2) is 37.5 Å². The lowest BCUT2D eigenvalue weighted by atomic mass is 10.1. The molecule has 1 unspecified atom stereocenters. The summed E-state index contributed by atoms with van der Waals surface area (Å²) in [7, 11) is 0. The van der Waals surface area contributed by atoms with Crippen molar-refractivity contribution >= 4 is 0 Å². The summed E-state index contributed by atoms with van der Waals surface area (Å²) >= 11 is 0. The van der Waals surface area contributed by atoms with Gasteiger partial charge >= 0.3 is 0 Å². The predicted molar refractivity (Wildman–Crippen MR) is 73.3 cm³/mol. The minimum Gasteiger partial charge on any atom is -0.389 e. The van der Waals surface area contributed by atoms with Gasteiger partial charge < -0.3 is 15.2 Å². The highest BCUT2D eigenvalue weighted by Crippen LogP contribution is 1.99. The van der Waals surface area contributed by atoms with E-state index in [1.807, 2.05) is 0 Å². The molecular weight excluding hydrogens is 214 g/mol. The summed E-state index contributed by atoms with van der Waals surface area (Å²) in [4.78, 5) is 0. The van der Waals surface area contributed by atoms with Crippen LogP contribution in [0.25, 0.3) is 0 Å². The Morgan fingerprint density at radius 1 is 1.18 bits per heavy atom. The first-order valence-electron chi connectivity index (χ1n) is 7.13. The molecule has 0 rings (SSSR count). The van der Waals surface area contributed by atoms with E-state index in [0.717, 1.165) is 31.9 Å². The molecule has 1 atom stereocenters. The fourth-order valence-corrected chi connectivity index (χ4v) is 1.57. The van der Waals surface area contributed by atoms with E-state index >= 15 is 0 Å². The van der Waals surface area contributed by atoms with Gasteiger partial charge in [0.05, 0.1) is 12.7 Å². The zero-order valence-electron chi connectivity index (χ0n) is 11.9. The molecule has 3 heteroatoms. The minimum atomic E-state index is -0.367. The maximum absolute atomic E-state index is 9.63. The van der Waals surface area contributed by atoms with Crippen LogP contribution in [0.15, 0.2) is 0 Å². The topological polar surface area (TPSA) is 41.5 Å². The zero-order valence-corrected chi connectivity index (χ0v) is 11.9. The van der Waals surface area contributed by atoms with Crippen molar-refractivity contribution in [2.24, 2.45) is 5.92 Å². The Morgan fingerprint density at radius 2 is 1.94 bits per heavy atom. The van der Waals surface area contributed by atoms with Crippen LogP contribution >= 0.6 is 0 Å². The largest absolute Gasteiger partial charge is 0.389 e. The smallest absolute Gasteiger partial charge is 0.0897 e. The standard InChI is InChI=1S/C14H31NO2/c1-4-5-6-7-10-17-12-14(16)11-15-9-8-13(2)3/h13-16H,4-12H2,1-3H3. The van der Waals surface area contributed by atoms with Gasteiger partial charge in [0.1, 0.15) is 0 Å². The van der Waals surface area contributed by atoms with Crippen LogP contribution in [0.5, 0.6) is 0 Å². The molecule has 0 aliphatic rings. The SMILES string of the molecule is CCCCCCOCC(O)CNCCC(C)C. The number of hydrogen-bond donors (Lipinski definition) is 2. The van der Waals surface area contributed by atoms with Crippen LogP contribution in [0.3, 0.4) is 0 Å². The number of hydrogen-bond acceptors (Lipinski definition) is 3. The monoisotopic (exact) mass is 245 g/mol. The first-order chi connectivity index (χ1) is 8.16. The van der Waals surface area contributed by atoms with Gasteiger partial charge in [-0.1, -0.05) is 40.0 Å². The Bertz CT molecular complexity index is 151. The van der Waals surface area contributed by atoms with E-state index < -0.39 is 0 Å². The highest BCUT2D eigenvalue weighted by Gasteiger charge is 2.03. The quantitative estimate of drug-likeness (QED) is 0.519. The summed E-state index contributed by atoms with van der Waals surface area (Å²) in [6.45, 7) is 9.47. The average Bonchev–Trinajstić information content (AvgIpc) is 2.29. The number of rotatable bonds is 12. The Morgan fingerprint density at radius 3 is 2.59 bits per heavy atom. The average molecular weight is 245 g/mol. The van der Waals surface area contributed by atoms with E-state index in [0.29, 0.717) is 13.2 Å². The molecule has 0 bridgehead atoms. The molecule has 0 aromatic carbocycles. The molecule has 0 spiro atoms. The molecule has 0 saturated heterocycles. The number of ether oxygens (including phenoxy) is 1. The second-order valence-corrected chi connectivity index (χ2v) is 5.18. The molecule has 0 aliphatic heterocycles. The van der Waals surface area contributed by atoms with Gasteiger partial charge in [0, 0.05) is 13.2 Å². The maximum atomic E-state index is 9.63. The van der Waals surface area contributed by atoms with E-state index in [1.54, 1.807) is 0 Å². The van der Waals surface area contributed by atoms with E-state index in [-0.39, 0.29) is 6.10 Å². The van der Waals surface area contributed by atoms with Gasteiger partial charge in [0.2, 0.25) is 0 Å². The Kier molecular flexibility index (Phi) is 12.3. The lowest BCUT2D eigenvalue weighted by molar-refractivity contribution is 0.0354. The maximum Gasteiger partial charge on any atom is 0.0897 e. The van der Waals surface area contributed by atoms with Gasteiger partial charge in [-0.15, -0.1) is 0 Å². The van der Waals surface area contributed by atoms with Gasteiger partial charge in [-0.3, -0.25) is 0 Å². The van der Waals surface area contributed by atoms with Crippen molar-refractivity contribution in [3.8, 4) is 0 Å². The molecule has 0 radical (unpaired) electrons. The molecule has 17 heavy (non-hydrogen) atoms. The van der Waals surface area contributed by atoms with Crippen LogP contribution in [0.2, 0.25) is 0 Å². The fourth-order valence-electron chi connectivity index (χ4n) is 1.57. The molecule has 0 heterocycles. The normalized spacial score (nSPS) is 13.2. The first-order valence-corrected chi connectivity index (χ1v) is 7.13. The van der Waals surface area contributed by atoms with Crippen molar-refractivity contribution in [2.45, 2.75) is 59.0 Å². The molecule has 0 aliphatic carbocycles. The first kappa shape index (κ1) is 16.9. The second kappa shape index (κ2) is 12.3. The molecule has 2 N–H and O–H groups in total. The minimum absolute atomic E-state index is 0.367. The van der Waals surface area contributed by atoms with Gasteiger partial charge in [-0.2, -0.15) is 0 Å². The van der Waals surface area contributed by atoms with Crippen molar-refractivity contribution < 1.29 is 9.84 Å². The molecule has 3 nitrogen and oxygen atoms in total. The Hall–Kier alpha value is -0.120. The van der Waals surface area contributed by atoms with Crippen LogP contribution in [0.4, 0.5) is 0 Å². The van der Waals surface area contributed by atoms with Crippen molar-refractivity contribution in [3.63, 3.8) is 0 Å². The second-order valence-electron chi connectivity index (χ2n) is 5.18. The Labute approximate surface area is 107 Å². The molecule has 0 saturated carbocycles. The lowest BCUT2D eigenvalue weighted by Gasteiger charge is -2.13. The third-order valence-corrected chi connectivity index (χ3v) is 2.73. The van der Waals surface area contributed by atoms with Gasteiger partial charge in [0.15, 0.2) is 0 Å². The van der Waals surface area contributed by atoms with Crippen LogP contribution in [0.1, 0.15) is 52.9 Å². The van der Waals surface area contributed by atoms with Crippen LogP contribution < -0.4 is 5.32 Å². The third-order valence-electron chi connectivity index (χ3n) is 2.73. The summed E-state index contributed by atoms with van der Waals surface area (Å²) in [5, 5.41) is 12.9. The van der Waals surface area contributed by atoms with Crippen LogP contribution in [0, 0.1) is 5.92 Å². The molecule has 0 aromatic rings. The molecule has 0 aromatic heterocycles. The molecular formula is C14H31NO2. The van der Waals surface area contributed by atoms with Gasteiger partial charge in [0.25, 0.3) is 0 Å². The lowest BCUT2D eigenvalue weighted by Crippen LogP contribution is -2.31. The third kappa shape index (κ3) is 13.8. The fraction of sp³-hybridized carbons (Fsp3) is 1.00. The number of nitrogens with one attached hydrogen (secondary N) is 1. The van der Waals surface area contributed by atoms with Crippen molar-refractivity contribution in [1.82, 2.24) is 5.32 Å². The number of unbranched alkanes of at least 4 members (excludes halogenated alkanes) is 3. The molecule has 0 amide bonds. The summed E-state index contributed by atoms with van der Waals surface area (Å²) in [6, 6.07) is 0. The number of aliphatic hydroxyl groups excluding tert-OH is 1. The highest BCUT2D eigenvalue weighted by atomic mass is 16.5. The van der Waals surface area contributed by atoms with E-state index in [1.165, 1.54) is 19.3 Å². The van der Waals surface area contributed by atoms with Crippen molar-refractivity contribution in [3.05, 3.63) is 0 Å². The highest BCUT2D eigenvalue weighted by molar-refractivity contribution is 4.59. The van der Waals surface area contributed by atoms with Crippen molar-refractivity contribution in [1.29, 1.82) is 0 Å². The predicted octanol–water partition coefficient (Wildman–Crippen LogP) is 2.58. The van der Waals surface area contributed by atoms with Gasteiger partial charge in [-0.05, 0) is 25.3 Å². The number of aliphatic hydroxyl groups is 1. The van der Waals surface area contributed by atoms with E-state index in [9.17, 15) is 5.11 Å². The van der Waals surface area contributed by atoms with Crippen LogP contribution in [-0.2, 0) is 4.74 Å². The zero-order chi connectivity index (χ0) is 12.9. The Balaban J connectivity index is 3.14. The summed E-state index contributed by atoms with van der Waals surface area (Å²) in [5.74, 6) is 0.717. The van der Waals surface area contributed by atoms with E-state index in [4.69, 9.17) is 4.74 Å². The van der Waals surface area contributed by atoms with E-state index in [2.05, 4.69) is 26.1 Å².